The van der Waals surface area contributed by atoms with Crippen LogP contribution in [0.5, 0.6) is 0 Å². The molecule has 0 spiro atoms. The van der Waals surface area contributed by atoms with E-state index in [9.17, 15) is 13.2 Å². The van der Waals surface area contributed by atoms with Crippen molar-refractivity contribution in [3.63, 3.8) is 0 Å². The quantitative estimate of drug-likeness (QED) is 0.841. The molecule has 1 N–H and O–H groups in total. The van der Waals surface area contributed by atoms with Gasteiger partial charge in [-0.3, -0.25) is 5.32 Å². The van der Waals surface area contributed by atoms with Crippen LogP contribution in [-0.4, -0.2) is 37.5 Å². The van der Waals surface area contributed by atoms with E-state index in [-0.39, 0.29) is 6.54 Å². The monoisotopic (exact) mass is 395 g/mol. The maximum absolute atomic E-state index is 12.9. The highest BCUT2D eigenvalue weighted by molar-refractivity contribution is 7.89. The van der Waals surface area contributed by atoms with Gasteiger partial charge in [0.15, 0.2) is 5.13 Å². The van der Waals surface area contributed by atoms with E-state index in [1.54, 1.807) is 12.1 Å². The van der Waals surface area contributed by atoms with Crippen molar-refractivity contribution in [2.24, 2.45) is 0 Å². The van der Waals surface area contributed by atoms with E-state index < -0.39 is 16.1 Å². The van der Waals surface area contributed by atoms with Gasteiger partial charge in [-0.1, -0.05) is 36.8 Å². The summed E-state index contributed by atoms with van der Waals surface area (Å²) in [6.45, 7) is 2.72. The summed E-state index contributed by atoms with van der Waals surface area (Å²) in [5.74, 6) is 0. The van der Waals surface area contributed by atoms with Crippen molar-refractivity contribution in [2.45, 2.75) is 37.6 Å². The molecule has 0 atom stereocenters. The van der Waals surface area contributed by atoms with Crippen molar-refractivity contribution in [2.75, 3.05) is 19.0 Å². The molecule has 26 heavy (non-hydrogen) atoms. The summed E-state index contributed by atoms with van der Waals surface area (Å²) in [5, 5.41) is 2.95. The molecule has 1 aliphatic rings. The number of hydrogen-bond donors (Lipinski definition) is 1. The minimum absolute atomic E-state index is 0.259. The van der Waals surface area contributed by atoms with Gasteiger partial charge in [0.1, 0.15) is 0 Å². The second kappa shape index (κ2) is 7.73. The molecule has 1 aromatic carbocycles. The van der Waals surface area contributed by atoms with Gasteiger partial charge in [0.05, 0.1) is 24.2 Å². The Morgan fingerprint density at radius 1 is 1.35 bits per heavy atom. The SMILES string of the molecule is CCCc1ccc(S(=O)(=O)N2CCc3nc(NC(=O)OC)sc3C2)cc1. The third-order valence-electron chi connectivity index (χ3n) is 4.19. The summed E-state index contributed by atoms with van der Waals surface area (Å²) in [6.07, 6.45) is 1.88. The second-order valence-corrected chi connectivity index (χ2v) is 9.01. The van der Waals surface area contributed by atoms with Gasteiger partial charge < -0.3 is 4.74 Å². The number of aryl methyl sites for hydroxylation is 1. The number of thiazole rings is 1. The van der Waals surface area contributed by atoms with Gasteiger partial charge in [-0.2, -0.15) is 4.31 Å². The number of rotatable bonds is 5. The number of aromatic nitrogens is 1. The van der Waals surface area contributed by atoms with Crippen LogP contribution < -0.4 is 5.32 Å². The first-order valence-corrected chi connectivity index (χ1v) is 10.6. The largest absolute Gasteiger partial charge is 0.453 e. The fraction of sp³-hybridized carbons (Fsp3) is 0.412. The van der Waals surface area contributed by atoms with Crippen molar-refractivity contribution in [3.8, 4) is 0 Å². The second-order valence-electron chi connectivity index (χ2n) is 5.99. The summed E-state index contributed by atoms with van der Waals surface area (Å²) in [6, 6.07) is 7.09. The van der Waals surface area contributed by atoms with Gasteiger partial charge >= 0.3 is 6.09 Å². The number of ether oxygens (including phenoxy) is 1. The molecule has 1 amide bonds. The molecule has 0 fully saturated rings. The highest BCUT2D eigenvalue weighted by atomic mass is 32.2. The Hall–Kier alpha value is -1.97. The highest BCUT2D eigenvalue weighted by Crippen LogP contribution is 2.31. The van der Waals surface area contributed by atoms with E-state index in [0.717, 1.165) is 29.0 Å². The molecule has 7 nitrogen and oxygen atoms in total. The number of hydrogen-bond acceptors (Lipinski definition) is 6. The number of benzene rings is 1. The molecule has 0 unspecified atom stereocenters. The topological polar surface area (TPSA) is 88.6 Å². The molecular formula is C17H21N3O4S2. The average molecular weight is 396 g/mol. The van der Waals surface area contributed by atoms with E-state index in [0.29, 0.717) is 23.0 Å². The van der Waals surface area contributed by atoms with Gasteiger partial charge in [-0.25, -0.2) is 18.2 Å². The molecule has 9 heteroatoms. The van der Waals surface area contributed by atoms with Gasteiger partial charge in [0.25, 0.3) is 0 Å². The molecule has 2 heterocycles. The fourth-order valence-electron chi connectivity index (χ4n) is 2.83. The van der Waals surface area contributed by atoms with Crippen LogP contribution in [0.15, 0.2) is 29.2 Å². The first kappa shape index (κ1) is 18.8. The number of fused-ring (bicyclic) bond motifs is 1. The molecule has 3 rings (SSSR count). The fourth-order valence-corrected chi connectivity index (χ4v) is 5.33. The number of nitrogens with one attached hydrogen (secondary N) is 1. The maximum atomic E-state index is 12.9. The van der Waals surface area contributed by atoms with Crippen LogP contribution in [0.2, 0.25) is 0 Å². The molecule has 0 aliphatic carbocycles. The third-order valence-corrected chi connectivity index (χ3v) is 7.05. The highest BCUT2D eigenvalue weighted by Gasteiger charge is 2.30. The number of carbonyl (C=O) groups excluding carboxylic acids is 1. The molecule has 0 saturated carbocycles. The van der Waals surface area contributed by atoms with Crippen LogP contribution in [0.3, 0.4) is 0 Å². The van der Waals surface area contributed by atoms with E-state index in [4.69, 9.17) is 0 Å². The van der Waals surface area contributed by atoms with Crippen LogP contribution >= 0.6 is 11.3 Å². The molecule has 0 bridgehead atoms. The van der Waals surface area contributed by atoms with Gasteiger partial charge in [0.2, 0.25) is 10.0 Å². The summed E-state index contributed by atoms with van der Waals surface area (Å²) in [7, 11) is -2.27. The van der Waals surface area contributed by atoms with E-state index in [1.165, 1.54) is 22.8 Å². The Morgan fingerprint density at radius 3 is 2.73 bits per heavy atom. The lowest BCUT2D eigenvalue weighted by Gasteiger charge is -2.25. The Kier molecular flexibility index (Phi) is 5.59. The Bertz CT molecular complexity index is 891. The predicted molar refractivity (Wildman–Crippen MR) is 99.9 cm³/mol. The minimum atomic E-state index is -3.55. The van der Waals surface area contributed by atoms with E-state index in [2.05, 4.69) is 22.0 Å². The Morgan fingerprint density at radius 2 is 2.08 bits per heavy atom. The van der Waals surface area contributed by atoms with Gasteiger partial charge in [-0.15, -0.1) is 0 Å². The first-order valence-electron chi connectivity index (χ1n) is 8.36. The maximum Gasteiger partial charge on any atom is 0.413 e. The van der Waals surface area contributed by atoms with Crippen molar-refractivity contribution < 1.29 is 17.9 Å². The first-order chi connectivity index (χ1) is 12.4. The summed E-state index contributed by atoms with van der Waals surface area (Å²) in [5.41, 5.74) is 1.96. The van der Waals surface area contributed by atoms with Crippen LogP contribution in [0.1, 0.15) is 29.5 Å². The van der Waals surface area contributed by atoms with Crippen molar-refractivity contribution >= 4 is 32.6 Å². The standard InChI is InChI=1S/C17H21N3O4S2/c1-3-4-12-5-7-13(8-6-12)26(22,23)20-10-9-14-15(11-20)25-16(18-14)19-17(21)24-2/h5-8H,3-4,9-11H2,1-2H3,(H,18,19,21). The number of carbonyl (C=O) groups is 1. The van der Waals surface area contributed by atoms with Crippen molar-refractivity contribution in [3.05, 3.63) is 40.4 Å². The molecule has 140 valence electrons. The lowest BCUT2D eigenvalue weighted by atomic mass is 10.1. The molecule has 1 aliphatic heterocycles. The van der Waals surface area contributed by atoms with Crippen LogP contribution in [0, 0.1) is 0 Å². The average Bonchev–Trinajstić information content (AvgIpc) is 3.03. The lowest BCUT2D eigenvalue weighted by molar-refractivity contribution is 0.187. The molecule has 0 radical (unpaired) electrons. The third kappa shape index (κ3) is 3.89. The van der Waals surface area contributed by atoms with Gasteiger partial charge in [-0.05, 0) is 24.1 Å². The number of methoxy groups -OCH3 is 1. The Balaban J connectivity index is 1.77. The number of sulfonamides is 1. The number of amides is 1. The number of nitrogens with zero attached hydrogens (tertiary/aromatic N) is 2. The molecule has 0 saturated heterocycles. The molecular weight excluding hydrogens is 374 g/mol. The zero-order valence-corrected chi connectivity index (χ0v) is 16.3. The zero-order chi connectivity index (χ0) is 18.7. The van der Waals surface area contributed by atoms with E-state index >= 15 is 0 Å². The van der Waals surface area contributed by atoms with Crippen LogP contribution in [0.25, 0.3) is 0 Å². The molecule has 2 aromatic rings. The van der Waals surface area contributed by atoms with Crippen molar-refractivity contribution in [1.29, 1.82) is 0 Å². The van der Waals surface area contributed by atoms with E-state index in [1.807, 2.05) is 12.1 Å². The minimum Gasteiger partial charge on any atom is -0.453 e. The normalized spacial score (nSPS) is 14.7. The van der Waals surface area contributed by atoms with Gasteiger partial charge in [0, 0.05) is 17.8 Å². The number of anilines is 1. The summed E-state index contributed by atoms with van der Waals surface area (Å²) < 4.78 is 31.9. The Labute approximate surface area is 157 Å². The molecule has 1 aromatic heterocycles. The predicted octanol–water partition coefficient (Wildman–Crippen LogP) is 3.02. The van der Waals surface area contributed by atoms with Crippen LogP contribution in [-0.2, 0) is 34.1 Å². The summed E-state index contributed by atoms with van der Waals surface area (Å²) in [4.78, 5) is 16.8. The van der Waals surface area contributed by atoms with Crippen LogP contribution in [0.4, 0.5) is 9.93 Å². The zero-order valence-electron chi connectivity index (χ0n) is 14.7. The van der Waals surface area contributed by atoms with Crippen molar-refractivity contribution in [1.82, 2.24) is 9.29 Å². The smallest absolute Gasteiger partial charge is 0.413 e. The summed E-state index contributed by atoms with van der Waals surface area (Å²) >= 11 is 1.27. The lowest BCUT2D eigenvalue weighted by Crippen LogP contribution is -2.35.